The average molecular weight is 354 g/mol. The van der Waals surface area contributed by atoms with Crippen molar-refractivity contribution in [2.75, 3.05) is 0 Å². The number of ketones is 1. The van der Waals surface area contributed by atoms with Gasteiger partial charge in [0.2, 0.25) is 5.78 Å². The number of phenolic OH excluding ortho intramolecular Hbond substituents is 2. The summed E-state index contributed by atoms with van der Waals surface area (Å²) in [4.78, 5) is 12.2. The van der Waals surface area contributed by atoms with Gasteiger partial charge in [-0.05, 0) is 57.9 Å². The fourth-order valence-corrected chi connectivity index (χ4v) is 2.32. The molecule has 0 aromatic heterocycles. The van der Waals surface area contributed by atoms with Crippen molar-refractivity contribution in [3.8, 4) is 11.5 Å². The van der Waals surface area contributed by atoms with Gasteiger partial charge < -0.3 is 10.2 Å². The molecule has 0 atom stereocenters. The zero-order valence-corrected chi connectivity index (χ0v) is 12.5. The van der Waals surface area contributed by atoms with Crippen molar-refractivity contribution >= 4 is 39.4 Å². The van der Waals surface area contributed by atoms with Gasteiger partial charge in [-0.15, -0.1) is 0 Å². The summed E-state index contributed by atoms with van der Waals surface area (Å²) in [6, 6.07) is 10.8. The first-order chi connectivity index (χ1) is 9.47. The van der Waals surface area contributed by atoms with Gasteiger partial charge in [-0.2, -0.15) is 0 Å². The summed E-state index contributed by atoms with van der Waals surface area (Å²) in [5.41, 5.74) is 0.771. The highest BCUT2D eigenvalue weighted by Gasteiger charge is 2.15. The van der Waals surface area contributed by atoms with E-state index in [0.717, 1.165) is 5.56 Å². The molecule has 20 heavy (non-hydrogen) atoms. The molecule has 0 heterocycles. The molecule has 0 radical (unpaired) electrons. The topological polar surface area (TPSA) is 57.5 Å². The summed E-state index contributed by atoms with van der Waals surface area (Å²) >= 11 is 9.04. The van der Waals surface area contributed by atoms with E-state index in [9.17, 15) is 15.0 Å². The van der Waals surface area contributed by atoms with Gasteiger partial charge in [0.25, 0.3) is 0 Å². The van der Waals surface area contributed by atoms with Crippen LogP contribution < -0.4 is 0 Å². The predicted molar refractivity (Wildman–Crippen MR) is 82.5 cm³/mol. The number of allylic oxidation sites excluding steroid dienone is 1. The molecule has 0 amide bonds. The summed E-state index contributed by atoms with van der Waals surface area (Å²) in [6.45, 7) is 0. The van der Waals surface area contributed by atoms with Crippen LogP contribution in [0.5, 0.6) is 11.5 Å². The number of benzene rings is 2. The molecule has 2 aromatic carbocycles. The van der Waals surface area contributed by atoms with Crippen molar-refractivity contribution in [1.82, 2.24) is 0 Å². The lowest BCUT2D eigenvalue weighted by molar-refractivity contribution is 0.104. The van der Waals surface area contributed by atoms with Crippen LogP contribution in [0.2, 0.25) is 5.02 Å². The van der Waals surface area contributed by atoms with Crippen LogP contribution in [0, 0.1) is 0 Å². The van der Waals surface area contributed by atoms with Gasteiger partial charge >= 0.3 is 0 Å². The van der Waals surface area contributed by atoms with Gasteiger partial charge in [0, 0.05) is 5.02 Å². The lowest BCUT2D eigenvalue weighted by atomic mass is 10.1. The van der Waals surface area contributed by atoms with E-state index in [1.807, 2.05) is 0 Å². The number of halogens is 2. The third-order valence-corrected chi connectivity index (χ3v) is 3.41. The molecule has 0 aliphatic rings. The minimum atomic E-state index is -0.432. The Hall–Kier alpha value is -1.78. The van der Waals surface area contributed by atoms with Gasteiger partial charge in [-0.25, -0.2) is 0 Å². The van der Waals surface area contributed by atoms with E-state index in [1.54, 1.807) is 30.3 Å². The van der Waals surface area contributed by atoms with E-state index >= 15 is 0 Å². The molecule has 5 heteroatoms. The van der Waals surface area contributed by atoms with Gasteiger partial charge in [0.05, 0.1) is 10.0 Å². The van der Waals surface area contributed by atoms with E-state index in [-0.39, 0.29) is 21.5 Å². The third-order valence-electron chi connectivity index (χ3n) is 2.58. The first-order valence-corrected chi connectivity index (χ1v) is 6.84. The maximum Gasteiger partial charge on any atom is 0.203 e. The summed E-state index contributed by atoms with van der Waals surface area (Å²) in [7, 11) is 0. The van der Waals surface area contributed by atoms with Crippen molar-refractivity contribution in [1.29, 1.82) is 0 Å². The molecule has 0 spiro atoms. The van der Waals surface area contributed by atoms with Crippen LogP contribution in [0.4, 0.5) is 0 Å². The monoisotopic (exact) mass is 352 g/mol. The number of rotatable bonds is 3. The Kier molecular flexibility index (Phi) is 4.47. The molecule has 0 bridgehead atoms. The second kappa shape index (κ2) is 6.11. The standard InChI is InChI=1S/C15H10BrClO3/c16-13(7-9-2-1-3-10(17)6-9)15(20)12-8-11(18)4-5-14(12)19/h1-8,18-19H/b13-7-. The molecule has 3 nitrogen and oxygen atoms in total. The summed E-state index contributed by atoms with van der Waals surface area (Å²) < 4.78 is 0.251. The van der Waals surface area contributed by atoms with Crippen LogP contribution in [0.15, 0.2) is 46.9 Å². The number of carbonyl (C=O) groups is 1. The number of phenols is 2. The molecular formula is C15H10BrClO3. The number of hydrogen-bond acceptors (Lipinski definition) is 3. The van der Waals surface area contributed by atoms with E-state index in [0.29, 0.717) is 5.02 Å². The number of carbonyl (C=O) groups excluding carboxylic acids is 1. The van der Waals surface area contributed by atoms with Crippen LogP contribution in [0.1, 0.15) is 15.9 Å². The van der Waals surface area contributed by atoms with Crippen molar-refractivity contribution in [3.05, 3.63) is 63.1 Å². The molecule has 0 fully saturated rings. The fourth-order valence-electron chi connectivity index (χ4n) is 1.64. The predicted octanol–water partition coefficient (Wildman–Crippen LogP) is 4.37. The fraction of sp³-hybridized carbons (Fsp3) is 0. The van der Waals surface area contributed by atoms with Crippen molar-refractivity contribution < 1.29 is 15.0 Å². The van der Waals surface area contributed by atoms with Crippen LogP contribution in [0.3, 0.4) is 0 Å². The Labute approximate surface area is 129 Å². The summed E-state index contributed by atoms with van der Waals surface area (Å²) in [6.07, 6.45) is 1.59. The molecule has 102 valence electrons. The molecule has 0 saturated heterocycles. The van der Waals surface area contributed by atoms with Crippen molar-refractivity contribution in [2.45, 2.75) is 0 Å². The normalized spacial score (nSPS) is 11.4. The Morgan fingerprint density at radius 1 is 1.15 bits per heavy atom. The SMILES string of the molecule is O=C(/C(Br)=C/c1cccc(Cl)c1)c1cc(O)ccc1O. The highest BCUT2D eigenvalue weighted by atomic mass is 79.9. The zero-order valence-electron chi connectivity index (χ0n) is 10.2. The molecular weight excluding hydrogens is 344 g/mol. The van der Waals surface area contributed by atoms with E-state index in [4.69, 9.17) is 11.6 Å². The molecule has 2 rings (SSSR count). The molecule has 0 aliphatic carbocycles. The van der Waals surface area contributed by atoms with E-state index in [2.05, 4.69) is 15.9 Å². The van der Waals surface area contributed by atoms with Crippen LogP contribution in [0.25, 0.3) is 6.08 Å². The largest absolute Gasteiger partial charge is 0.508 e. The van der Waals surface area contributed by atoms with Crippen molar-refractivity contribution in [3.63, 3.8) is 0 Å². The lowest BCUT2D eigenvalue weighted by Crippen LogP contribution is -1.99. The van der Waals surface area contributed by atoms with Gasteiger partial charge in [0.15, 0.2) is 0 Å². The van der Waals surface area contributed by atoms with Gasteiger partial charge in [0.1, 0.15) is 11.5 Å². The Bertz CT molecular complexity index is 695. The minimum absolute atomic E-state index is 0.0233. The maximum atomic E-state index is 12.2. The molecule has 0 saturated carbocycles. The second-order valence-electron chi connectivity index (χ2n) is 4.08. The Balaban J connectivity index is 2.35. The first-order valence-electron chi connectivity index (χ1n) is 5.67. The minimum Gasteiger partial charge on any atom is -0.508 e. The van der Waals surface area contributed by atoms with Crippen LogP contribution >= 0.6 is 27.5 Å². The number of aromatic hydroxyl groups is 2. The quantitative estimate of drug-likeness (QED) is 0.489. The molecule has 2 aromatic rings. The van der Waals surface area contributed by atoms with Crippen LogP contribution in [-0.4, -0.2) is 16.0 Å². The lowest BCUT2D eigenvalue weighted by Gasteiger charge is -2.04. The number of Topliss-reactive ketones (excluding diaryl/α,β-unsaturated/α-hetero) is 1. The number of hydrogen-bond donors (Lipinski definition) is 2. The second-order valence-corrected chi connectivity index (χ2v) is 5.37. The highest BCUT2D eigenvalue weighted by molar-refractivity contribution is 9.12. The van der Waals surface area contributed by atoms with Gasteiger partial charge in [-0.3, -0.25) is 4.79 Å². The Morgan fingerprint density at radius 2 is 1.90 bits per heavy atom. The maximum absolute atomic E-state index is 12.2. The van der Waals surface area contributed by atoms with E-state index in [1.165, 1.54) is 18.2 Å². The first kappa shape index (κ1) is 14.6. The summed E-state index contributed by atoms with van der Waals surface area (Å²) in [5, 5.41) is 19.6. The van der Waals surface area contributed by atoms with Crippen LogP contribution in [-0.2, 0) is 0 Å². The molecule has 0 aliphatic heterocycles. The smallest absolute Gasteiger partial charge is 0.203 e. The molecule has 2 N–H and O–H groups in total. The molecule has 0 unspecified atom stereocenters. The van der Waals surface area contributed by atoms with Gasteiger partial charge in [-0.1, -0.05) is 23.7 Å². The van der Waals surface area contributed by atoms with E-state index < -0.39 is 5.78 Å². The third kappa shape index (κ3) is 3.40. The summed E-state index contributed by atoms with van der Waals surface area (Å²) in [5.74, 6) is -0.711. The highest BCUT2D eigenvalue weighted by Crippen LogP contribution is 2.27. The average Bonchev–Trinajstić information content (AvgIpc) is 2.40. The zero-order chi connectivity index (χ0) is 14.7. The van der Waals surface area contributed by atoms with Crippen molar-refractivity contribution in [2.24, 2.45) is 0 Å². The Morgan fingerprint density at radius 3 is 2.60 bits per heavy atom.